The van der Waals surface area contributed by atoms with Crippen molar-refractivity contribution in [2.45, 2.75) is 62.2 Å². The number of hydrogen-bond donors (Lipinski definition) is 4. The molecule has 2 aromatic heterocycles. The Kier molecular flexibility index (Phi) is 6.56. The van der Waals surface area contributed by atoms with Gasteiger partial charge in [0.05, 0.1) is 12.9 Å². The second kappa shape index (κ2) is 8.98. The lowest BCUT2D eigenvalue weighted by molar-refractivity contribution is -0.268. The average molecular weight is 516 g/mol. The van der Waals surface area contributed by atoms with Gasteiger partial charge in [-0.1, -0.05) is 52.1 Å². The number of nitrogens with one attached hydrogen (secondary N) is 1. The van der Waals surface area contributed by atoms with Gasteiger partial charge in [0.2, 0.25) is 5.79 Å². The Bertz CT molecular complexity index is 1260. The van der Waals surface area contributed by atoms with Crippen LogP contribution in [0.2, 0.25) is 18.1 Å². The first-order valence-electron chi connectivity index (χ1n) is 11.6. The van der Waals surface area contributed by atoms with Gasteiger partial charge in [-0.25, -0.2) is 15.0 Å². The van der Waals surface area contributed by atoms with Gasteiger partial charge in [-0.3, -0.25) is 9.36 Å². The van der Waals surface area contributed by atoms with E-state index in [0.29, 0.717) is 5.56 Å². The van der Waals surface area contributed by atoms with Gasteiger partial charge in [0.15, 0.2) is 28.4 Å². The molecule has 1 amide bonds. The molecule has 0 aliphatic carbocycles. The number of aliphatic hydroxyl groups excluding tert-OH is 1. The summed E-state index contributed by atoms with van der Waals surface area (Å²) in [5.41, 5.74) is 0.995. The van der Waals surface area contributed by atoms with Gasteiger partial charge >= 0.3 is 0 Å². The molecule has 1 saturated heterocycles. The van der Waals surface area contributed by atoms with Crippen molar-refractivity contribution in [2.24, 2.45) is 0 Å². The molecule has 3 aromatic rings. The fourth-order valence-corrected chi connectivity index (χ4v) is 7.83. The number of nitrogens with zero attached hydrogens (tertiary/aromatic N) is 4. The predicted molar refractivity (Wildman–Crippen MR) is 135 cm³/mol. The molecule has 12 heteroatoms. The normalized spacial score (nSPS) is 26.9. The molecule has 1 aliphatic heterocycles. The summed E-state index contributed by atoms with van der Waals surface area (Å²) in [6, 6.07) is 8.68. The zero-order valence-electron chi connectivity index (χ0n) is 21.3. The Balaban J connectivity index is 1.84. The number of amides is 1. The monoisotopic (exact) mass is 515 g/mol. The quantitative estimate of drug-likeness (QED) is 0.286. The molecule has 3 heterocycles. The number of rotatable bonds is 6. The molecule has 4 atom stereocenters. The molecule has 0 spiro atoms. The predicted octanol–water partition coefficient (Wildman–Crippen LogP) is 2.08. The first-order chi connectivity index (χ1) is 16.8. The summed E-state index contributed by atoms with van der Waals surface area (Å²) in [5, 5.41) is 34.5. The van der Waals surface area contributed by atoms with Crippen LogP contribution in [0.5, 0.6) is 0 Å². The van der Waals surface area contributed by atoms with Gasteiger partial charge in [0, 0.05) is 12.7 Å². The summed E-state index contributed by atoms with van der Waals surface area (Å²) in [6.07, 6.45) is 0.255. The van der Waals surface area contributed by atoms with Crippen molar-refractivity contribution in [2.75, 3.05) is 19.0 Å². The van der Waals surface area contributed by atoms with Crippen LogP contribution in [0, 0.1) is 0 Å². The molecule has 0 unspecified atom stereocenters. The highest BCUT2D eigenvalue weighted by molar-refractivity contribution is 6.83. The smallest absolute Gasteiger partial charge is 0.256 e. The lowest BCUT2D eigenvalue weighted by Gasteiger charge is -2.53. The van der Waals surface area contributed by atoms with Crippen LogP contribution in [0.4, 0.5) is 5.82 Å². The van der Waals surface area contributed by atoms with Crippen molar-refractivity contribution in [1.82, 2.24) is 19.5 Å². The molecular formula is C24H33N5O6Si. The van der Waals surface area contributed by atoms with E-state index in [1.807, 2.05) is 39.9 Å². The van der Waals surface area contributed by atoms with Crippen LogP contribution >= 0.6 is 0 Å². The Hall–Kier alpha value is -2.74. The summed E-state index contributed by atoms with van der Waals surface area (Å²) in [7, 11) is -1.64. The van der Waals surface area contributed by atoms with Gasteiger partial charge in [-0.2, -0.15) is 0 Å². The zero-order valence-corrected chi connectivity index (χ0v) is 22.3. The van der Waals surface area contributed by atoms with Crippen LogP contribution in [-0.4, -0.2) is 79.7 Å². The number of carbonyl (C=O) groups excluding carboxylic acids is 1. The molecule has 194 valence electrons. The third-order valence-corrected chi connectivity index (χ3v) is 14.1. The van der Waals surface area contributed by atoms with E-state index >= 15 is 0 Å². The third kappa shape index (κ3) is 3.67. The molecule has 0 saturated carbocycles. The highest BCUT2D eigenvalue weighted by atomic mass is 28.3. The van der Waals surface area contributed by atoms with E-state index in [0.717, 1.165) is 0 Å². The molecule has 4 rings (SSSR count). The van der Waals surface area contributed by atoms with Crippen LogP contribution in [-0.2, 0) is 9.47 Å². The van der Waals surface area contributed by atoms with Crippen molar-refractivity contribution in [3.05, 3.63) is 48.5 Å². The van der Waals surface area contributed by atoms with E-state index in [9.17, 15) is 20.1 Å². The van der Waals surface area contributed by atoms with E-state index < -0.39 is 43.1 Å². The van der Waals surface area contributed by atoms with Crippen LogP contribution in [0.15, 0.2) is 43.0 Å². The van der Waals surface area contributed by atoms with Crippen molar-refractivity contribution in [3.63, 3.8) is 0 Å². The Labute approximate surface area is 210 Å². The highest BCUT2D eigenvalue weighted by Crippen LogP contribution is 2.57. The van der Waals surface area contributed by atoms with Gasteiger partial charge in [0.25, 0.3) is 5.91 Å². The maximum atomic E-state index is 12.7. The number of imidazole rings is 1. The lowest BCUT2D eigenvalue weighted by atomic mass is 10.0. The molecule has 11 nitrogen and oxygen atoms in total. The molecule has 0 bridgehead atoms. The average Bonchev–Trinajstić information content (AvgIpc) is 3.37. The molecule has 1 aromatic carbocycles. The summed E-state index contributed by atoms with van der Waals surface area (Å²) in [6.45, 7) is 9.25. The fourth-order valence-electron chi connectivity index (χ4n) is 4.70. The summed E-state index contributed by atoms with van der Waals surface area (Å²) in [4.78, 5) is 25.7. The molecule has 1 aliphatic rings. The molecule has 4 N–H and O–H groups in total. The highest BCUT2D eigenvalue weighted by Gasteiger charge is 2.75. The minimum absolute atomic E-state index is 0.183. The largest absolute Gasteiger partial charge is 0.393 e. The minimum Gasteiger partial charge on any atom is -0.393 e. The van der Waals surface area contributed by atoms with Gasteiger partial charge in [0.1, 0.15) is 20.5 Å². The first-order valence-corrected chi connectivity index (χ1v) is 14.6. The lowest BCUT2D eigenvalue weighted by Crippen LogP contribution is -2.74. The first kappa shape index (κ1) is 26.3. The second-order valence-corrected chi connectivity index (χ2v) is 16.1. The van der Waals surface area contributed by atoms with Crippen molar-refractivity contribution < 1.29 is 29.6 Å². The number of carbonyl (C=O) groups is 1. The van der Waals surface area contributed by atoms with Crippen LogP contribution < -0.4 is 5.32 Å². The molecule has 0 radical (unpaired) electrons. The standard InChI is InChI=1S/C24H33N5O6Si/c1-22(2,3)36(5,6)24(33)21(35-16(12-30)23(24,32)34-4)29-14-27-17-18(25-13-26-19(17)29)28-20(31)15-10-8-7-9-11-15/h7-11,13-14,16,21,30,32-33H,12H2,1-6H3,(H,25,26,28,31)/t16-,21-,23+,24-/m1/s1. The van der Waals surface area contributed by atoms with Crippen LogP contribution in [0.25, 0.3) is 11.2 Å². The number of fused-ring (bicyclic) bond motifs is 1. The molecular weight excluding hydrogens is 482 g/mol. The van der Waals surface area contributed by atoms with Crippen molar-refractivity contribution >= 4 is 31.0 Å². The van der Waals surface area contributed by atoms with Gasteiger partial charge in [-0.15, -0.1) is 0 Å². The number of benzene rings is 1. The van der Waals surface area contributed by atoms with Crippen LogP contribution in [0.3, 0.4) is 0 Å². The minimum atomic E-state index is -2.92. The summed E-state index contributed by atoms with van der Waals surface area (Å²) < 4.78 is 13.1. The topological polar surface area (TPSA) is 152 Å². The Morgan fingerprint density at radius 3 is 2.44 bits per heavy atom. The van der Waals surface area contributed by atoms with Crippen molar-refractivity contribution in [1.29, 1.82) is 0 Å². The van der Waals surface area contributed by atoms with E-state index in [2.05, 4.69) is 20.3 Å². The number of aliphatic hydroxyl groups is 3. The summed E-state index contributed by atoms with van der Waals surface area (Å²) in [5.74, 6) is -2.39. The zero-order chi connectivity index (χ0) is 26.5. The van der Waals surface area contributed by atoms with E-state index in [1.54, 1.807) is 24.3 Å². The molecule has 1 fully saturated rings. The van der Waals surface area contributed by atoms with Gasteiger partial charge in [-0.05, 0) is 17.2 Å². The van der Waals surface area contributed by atoms with E-state index in [1.165, 1.54) is 24.3 Å². The Morgan fingerprint density at radius 2 is 1.86 bits per heavy atom. The maximum Gasteiger partial charge on any atom is 0.256 e. The number of hydrogen-bond acceptors (Lipinski definition) is 9. The third-order valence-electron chi connectivity index (χ3n) is 7.82. The maximum absolute atomic E-state index is 12.7. The summed E-state index contributed by atoms with van der Waals surface area (Å²) >= 11 is 0. The fraction of sp³-hybridized carbons (Fsp3) is 0.500. The van der Waals surface area contributed by atoms with E-state index in [4.69, 9.17) is 9.47 Å². The number of methoxy groups -OCH3 is 1. The second-order valence-electron chi connectivity index (χ2n) is 10.6. The number of ether oxygens (including phenoxy) is 2. The van der Waals surface area contributed by atoms with Crippen LogP contribution in [0.1, 0.15) is 37.4 Å². The Morgan fingerprint density at radius 1 is 1.19 bits per heavy atom. The van der Waals surface area contributed by atoms with E-state index in [-0.39, 0.29) is 22.9 Å². The molecule has 36 heavy (non-hydrogen) atoms. The number of aromatic nitrogens is 4. The van der Waals surface area contributed by atoms with Crippen molar-refractivity contribution in [3.8, 4) is 0 Å². The van der Waals surface area contributed by atoms with Gasteiger partial charge < -0.3 is 30.1 Å². The number of anilines is 1. The SMILES string of the molecule is CO[C@@]1(O)[C@@H](CO)O[C@@H](n2cnc3c(NC(=O)c4ccccc4)ncnc32)[C@@]1(O)[Si](C)(C)C(C)(C)C.